The third-order valence-electron chi connectivity index (χ3n) is 2.23. The quantitative estimate of drug-likeness (QED) is 0.906. The minimum atomic E-state index is -4.70. The zero-order valence-corrected chi connectivity index (χ0v) is 10.4. The molecule has 0 saturated heterocycles. The summed E-state index contributed by atoms with van der Waals surface area (Å²) >= 11 is 0. The molecule has 5 nitrogen and oxygen atoms in total. The Kier molecular flexibility index (Phi) is 3.64. The first-order valence-electron chi connectivity index (χ1n) is 5.56. The lowest BCUT2D eigenvalue weighted by molar-refractivity contribution is -0.274. The fourth-order valence-corrected chi connectivity index (χ4v) is 1.54. The summed E-state index contributed by atoms with van der Waals surface area (Å²) in [7, 11) is 0. The van der Waals surface area contributed by atoms with E-state index in [0.29, 0.717) is 17.2 Å². The van der Waals surface area contributed by atoms with Crippen molar-refractivity contribution in [3.8, 4) is 5.75 Å². The van der Waals surface area contributed by atoms with Gasteiger partial charge >= 0.3 is 6.36 Å². The van der Waals surface area contributed by atoms with E-state index < -0.39 is 6.36 Å². The summed E-state index contributed by atoms with van der Waals surface area (Å²) in [6, 6.07) is 6.94. The monoisotopic (exact) mass is 284 g/mol. The second-order valence-electron chi connectivity index (χ2n) is 3.95. The smallest absolute Gasteiger partial charge is 0.406 e. The molecule has 0 spiro atoms. The summed E-state index contributed by atoms with van der Waals surface area (Å²) < 4.78 is 39.8. The van der Waals surface area contributed by atoms with Crippen molar-refractivity contribution in [1.82, 2.24) is 9.97 Å². The molecule has 2 rings (SSSR count). The van der Waals surface area contributed by atoms with Crippen LogP contribution in [0.15, 0.2) is 30.3 Å². The van der Waals surface area contributed by atoms with Gasteiger partial charge in [-0.25, -0.2) is 4.98 Å². The van der Waals surface area contributed by atoms with E-state index in [1.54, 1.807) is 13.0 Å². The van der Waals surface area contributed by atoms with E-state index in [1.807, 2.05) is 0 Å². The maximum absolute atomic E-state index is 12.0. The lowest BCUT2D eigenvalue weighted by atomic mass is 10.3. The van der Waals surface area contributed by atoms with Crippen LogP contribution in [0.4, 0.5) is 30.6 Å². The second-order valence-corrected chi connectivity index (χ2v) is 3.95. The van der Waals surface area contributed by atoms with Crippen LogP contribution in [0.1, 0.15) is 5.69 Å². The fraction of sp³-hybridized carbons (Fsp3) is 0.167. The predicted molar refractivity (Wildman–Crippen MR) is 67.6 cm³/mol. The first kappa shape index (κ1) is 13.9. The van der Waals surface area contributed by atoms with Crippen molar-refractivity contribution < 1.29 is 17.9 Å². The lowest BCUT2D eigenvalue weighted by Gasteiger charge is -2.10. The van der Waals surface area contributed by atoms with Gasteiger partial charge in [-0.05, 0) is 31.2 Å². The SMILES string of the molecule is Cc1cc(Nc2ccc(OC(F)(F)F)cc2)nc(N)n1. The van der Waals surface area contributed by atoms with Gasteiger partial charge in [0.1, 0.15) is 11.6 Å². The number of ether oxygens (including phenoxy) is 1. The topological polar surface area (TPSA) is 73.1 Å². The van der Waals surface area contributed by atoms with E-state index in [0.717, 1.165) is 0 Å². The Hall–Kier alpha value is -2.51. The molecular weight excluding hydrogens is 273 g/mol. The molecule has 8 heteroatoms. The molecule has 1 aromatic heterocycles. The van der Waals surface area contributed by atoms with Crippen molar-refractivity contribution in [2.24, 2.45) is 0 Å². The molecule has 0 radical (unpaired) electrons. The number of benzene rings is 1. The predicted octanol–water partition coefficient (Wildman–Crippen LogP) is 3.01. The van der Waals surface area contributed by atoms with Gasteiger partial charge in [0.2, 0.25) is 5.95 Å². The molecule has 0 bridgehead atoms. The number of aromatic nitrogens is 2. The van der Waals surface area contributed by atoms with Gasteiger partial charge in [0.05, 0.1) is 0 Å². The minimum Gasteiger partial charge on any atom is -0.406 e. The number of nitrogens with zero attached hydrogens (tertiary/aromatic N) is 2. The molecular formula is C12H11F3N4O. The molecule has 2 aromatic rings. The molecule has 3 N–H and O–H groups in total. The molecule has 1 heterocycles. The standard InChI is InChI=1S/C12H11F3N4O/c1-7-6-10(19-11(16)17-7)18-8-2-4-9(5-3-8)20-12(13,14)15/h2-6H,1H3,(H3,16,17,18,19). The van der Waals surface area contributed by atoms with Gasteiger partial charge < -0.3 is 15.8 Å². The Morgan fingerprint density at radius 1 is 1.15 bits per heavy atom. The van der Waals surface area contributed by atoms with Gasteiger partial charge in [0.25, 0.3) is 0 Å². The summed E-state index contributed by atoms with van der Waals surface area (Å²) in [5.74, 6) is 0.283. The number of halogens is 3. The van der Waals surface area contributed by atoms with Crippen molar-refractivity contribution in [2.75, 3.05) is 11.1 Å². The fourth-order valence-electron chi connectivity index (χ4n) is 1.54. The molecule has 106 valence electrons. The van der Waals surface area contributed by atoms with Gasteiger partial charge in [0.15, 0.2) is 0 Å². The summed E-state index contributed by atoms with van der Waals surface area (Å²) in [5.41, 5.74) is 6.73. The number of aryl methyl sites for hydroxylation is 1. The molecule has 0 saturated carbocycles. The van der Waals surface area contributed by atoms with E-state index in [9.17, 15) is 13.2 Å². The van der Waals surface area contributed by atoms with E-state index in [4.69, 9.17) is 5.73 Å². The number of hydrogen-bond acceptors (Lipinski definition) is 5. The first-order chi connectivity index (χ1) is 9.32. The number of nitrogens with one attached hydrogen (secondary N) is 1. The number of nitrogen functional groups attached to an aromatic ring is 1. The molecule has 0 aliphatic carbocycles. The molecule has 20 heavy (non-hydrogen) atoms. The number of nitrogens with two attached hydrogens (primary N) is 1. The summed E-state index contributed by atoms with van der Waals surface area (Å²) in [6.45, 7) is 1.75. The maximum Gasteiger partial charge on any atom is 0.573 e. The molecule has 0 amide bonds. The average molecular weight is 284 g/mol. The Balaban J connectivity index is 2.10. The zero-order valence-electron chi connectivity index (χ0n) is 10.4. The van der Waals surface area contributed by atoms with E-state index in [1.165, 1.54) is 24.3 Å². The Morgan fingerprint density at radius 3 is 2.35 bits per heavy atom. The summed E-state index contributed by atoms with van der Waals surface area (Å²) in [4.78, 5) is 7.87. The molecule has 0 aliphatic rings. The van der Waals surface area contributed by atoms with E-state index in [-0.39, 0.29) is 11.7 Å². The number of hydrogen-bond donors (Lipinski definition) is 2. The van der Waals surface area contributed by atoms with Crippen LogP contribution in [0.2, 0.25) is 0 Å². The van der Waals surface area contributed by atoms with Crippen molar-refractivity contribution in [2.45, 2.75) is 13.3 Å². The highest BCUT2D eigenvalue weighted by Gasteiger charge is 2.30. The highest BCUT2D eigenvalue weighted by molar-refractivity contribution is 5.58. The average Bonchev–Trinajstić information content (AvgIpc) is 2.28. The van der Waals surface area contributed by atoms with Crippen molar-refractivity contribution in [1.29, 1.82) is 0 Å². The van der Waals surface area contributed by atoms with Crippen LogP contribution in [0.3, 0.4) is 0 Å². The number of alkyl halides is 3. The van der Waals surface area contributed by atoms with Gasteiger partial charge in [-0.1, -0.05) is 0 Å². The van der Waals surface area contributed by atoms with Gasteiger partial charge in [0, 0.05) is 17.4 Å². The Labute approximate surface area is 112 Å². The normalized spacial score (nSPS) is 11.2. The molecule has 0 aliphatic heterocycles. The zero-order chi connectivity index (χ0) is 14.8. The number of rotatable bonds is 3. The van der Waals surface area contributed by atoms with Gasteiger partial charge in [-0.3, -0.25) is 0 Å². The molecule has 0 unspecified atom stereocenters. The minimum absolute atomic E-state index is 0.115. The second kappa shape index (κ2) is 5.24. The molecule has 1 aromatic carbocycles. The van der Waals surface area contributed by atoms with Crippen LogP contribution in [-0.2, 0) is 0 Å². The van der Waals surface area contributed by atoms with Crippen LogP contribution in [0.25, 0.3) is 0 Å². The van der Waals surface area contributed by atoms with E-state index in [2.05, 4.69) is 20.0 Å². The van der Waals surface area contributed by atoms with Gasteiger partial charge in [-0.2, -0.15) is 4.98 Å². The third-order valence-corrected chi connectivity index (χ3v) is 2.23. The van der Waals surface area contributed by atoms with Crippen molar-refractivity contribution >= 4 is 17.5 Å². The lowest BCUT2D eigenvalue weighted by Crippen LogP contribution is -2.16. The van der Waals surface area contributed by atoms with Crippen LogP contribution >= 0.6 is 0 Å². The van der Waals surface area contributed by atoms with E-state index >= 15 is 0 Å². The third kappa shape index (κ3) is 4.01. The van der Waals surface area contributed by atoms with Crippen LogP contribution in [0.5, 0.6) is 5.75 Å². The highest BCUT2D eigenvalue weighted by Crippen LogP contribution is 2.25. The largest absolute Gasteiger partial charge is 0.573 e. The Bertz CT molecular complexity index is 578. The molecule has 0 atom stereocenters. The van der Waals surface area contributed by atoms with Crippen molar-refractivity contribution in [3.05, 3.63) is 36.0 Å². The maximum atomic E-state index is 12.0. The molecule has 0 fully saturated rings. The van der Waals surface area contributed by atoms with Crippen LogP contribution in [0, 0.1) is 6.92 Å². The number of anilines is 3. The van der Waals surface area contributed by atoms with Gasteiger partial charge in [-0.15, -0.1) is 13.2 Å². The highest BCUT2D eigenvalue weighted by atomic mass is 19.4. The summed E-state index contributed by atoms with van der Waals surface area (Å²) in [5, 5.41) is 2.91. The van der Waals surface area contributed by atoms with Crippen LogP contribution < -0.4 is 15.8 Å². The van der Waals surface area contributed by atoms with Crippen LogP contribution in [-0.4, -0.2) is 16.3 Å². The first-order valence-corrected chi connectivity index (χ1v) is 5.56. The summed E-state index contributed by atoms with van der Waals surface area (Å²) in [6.07, 6.45) is -4.70. The van der Waals surface area contributed by atoms with Crippen molar-refractivity contribution in [3.63, 3.8) is 0 Å². The Morgan fingerprint density at radius 2 is 1.80 bits per heavy atom.